The zero-order valence-electron chi connectivity index (χ0n) is 20.4. The fourth-order valence-corrected chi connectivity index (χ4v) is 6.13. The number of halogens is 1. The Balaban J connectivity index is 1.29. The molecule has 1 aromatic carbocycles. The van der Waals surface area contributed by atoms with E-state index in [-0.39, 0.29) is 39.9 Å². The average Bonchev–Trinajstić information content (AvgIpc) is 2.69. The van der Waals surface area contributed by atoms with Crippen molar-refractivity contribution in [2.45, 2.75) is 96.4 Å². The molecule has 2 aliphatic carbocycles. The number of nitrogens with one attached hydrogen (secondary N) is 1. The molecule has 1 aromatic rings. The number of carbonyl (C=O) groups excluding carboxylic acids is 2. The Bertz CT molecular complexity index is 881. The molecule has 1 saturated heterocycles. The molecule has 5 heteroatoms. The van der Waals surface area contributed by atoms with Crippen LogP contribution < -0.4 is 5.32 Å². The summed E-state index contributed by atoms with van der Waals surface area (Å²) in [4.78, 5) is 26.7. The maximum Gasteiger partial charge on any atom is 0.225 e. The molecule has 4 rings (SSSR count). The van der Waals surface area contributed by atoms with Gasteiger partial charge in [0.1, 0.15) is 5.82 Å². The minimum atomic E-state index is -0.225. The number of rotatable bonds is 4. The molecule has 0 aromatic heterocycles. The molecule has 0 unspecified atom stereocenters. The first-order valence-corrected chi connectivity index (χ1v) is 12.3. The predicted molar refractivity (Wildman–Crippen MR) is 125 cm³/mol. The Hall–Kier alpha value is -1.91. The number of amides is 2. The zero-order chi connectivity index (χ0) is 23.3. The standard InChI is InChI=1S/C27H39FN2O2/c1-6-23(31)29-26(5)14-19(15-26)24(32)30-11-9-27(10-12-30)16-18(17-27)21-13-20(25(2,3)4)7-8-22(21)28/h7-8,13,18-19H,6,9-12,14-17H2,1-5H3,(H,29,31). The summed E-state index contributed by atoms with van der Waals surface area (Å²) < 4.78 is 14.6. The van der Waals surface area contributed by atoms with Crippen molar-refractivity contribution in [3.63, 3.8) is 0 Å². The van der Waals surface area contributed by atoms with Crippen LogP contribution in [0.25, 0.3) is 0 Å². The van der Waals surface area contributed by atoms with Gasteiger partial charge < -0.3 is 10.2 Å². The Morgan fingerprint density at radius 1 is 1.12 bits per heavy atom. The first-order chi connectivity index (χ1) is 14.9. The van der Waals surface area contributed by atoms with E-state index >= 15 is 0 Å². The summed E-state index contributed by atoms with van der Waals surface area (Å²) in [6.07, 6.45) is 6.07. The maximum atomic E-state index is 14.6. The monoisotopic (exact) mass is 442 g/mol. The Labute approximate surface area is 192 Å². The van der Waals surface area contributed by atoms with Crippen LogP contribution in [-0.4, -0.2) is 35.3 Å². The molecule has 0 bridgehead atoms. The van der Waals surface area contributed by atoms with Gasteiger partial charge in [0.15, 0.2) is 0 Å². The number of hydrogen-bond donors (Lipinski definition) is 1. The highest BCUT2D eigenvalue weighted by Gasteiger charge is 2.50. The summed E-state index contributed by atoms with van der Waals surface area (Å²) in [6, 6.07) is 5.63. The molecule has 0 atom stereocenters. The van der Waals surface area contributed by atoms with E-state index in [2.05, 4.69) is 32.2 Å². The largest absolute Gasteiger partial charge is 0.351 e. The molecule has 1 spiro atoms. The van der Waals surface area contributed by atoms with Crippen molar-refractivity contribution in [2.75, 3.05) is 13.1 Å². The van der Waals surface area contributed by atoms with Gasteiger partial charge in [0.25, 0.3) is 0 Å². The molecule has 0 radical (unpaired) electrons. The van der Waals surface area contributed by atoms with Gasteiger partial charge in [-0.3, -0.25) is 9.59 Å². The Morgan fingerprint density at radius 3 is 2.31 bits per heavy atom. The first kappa shape index (κ1) is 23.3. The molecule has 1 heterocycles. The summed E-state index contributed by atoms with van der Waals surface area (Å²) >= 11 is 0. The third-order valence-electron chi connectivity index (χ3n) is 8.30. The summed E-state index contributed by atoms with van der Waals surface area (Å²) in [6.45, 7) is 12.0. The van der Waals surface area contributed by atoms with Gasteiger partial charge in [0.2, 0.25) is 11.8 Å². The van der Waals surface area contributed by atoms with Crippen LogP contribution in [0.5, 0.6) is 0 Å². The van der Waals surface area contributed by atoms with Crippen LogP contribution in [0.2, 0.25) is 0 Å². The molecule has 1 aliphatic heterocycles. The normalized spacial score (nSPS) is 27.6. The molecule has 176 valence electrons. The lowest BCUT2D eigenvalue weighted by Crippen LogP contribution is -2.59. The summed E-state index contributed by atoms with van der Waals surface area (Å²) in [5.41, 5.74) is 2.14. The van der Waals surface area contributed by atoms with Crippen molar-refractivity contribution in [2.24, 2.45) is 11.3 Å². The molecule has 2 saturated carbocycles. The van der Waals surface area contributed by atoms with Crippen molar-refractivity contribution < 1.29 is 14.0 Å². The van der Waals surface area contributed by atoms with E-state index < -0.39 is 0 Å². The number of hydrogen-bond acceptors (Lipinski definition) is 2. The van der Waals surface area contributed by atoms with Gasteiger partial charge in [0, 0.05) is 31.0 Å². The maximum absolute atomic E-state index is 14.6. The highest BCUT2D eigenvalue weighted by Crippen LogP contribution is 2.57. The van der Waals surface area contributed by atoms with Crippen molar-refractivity contribution in [3.05, 3.63) is 35.1 Å². The minimum absolute atomic E-state index is 0.0204. The van der Waals surface area contributed by atoms with Gasteiger partial charge in [-0.05, 0) is 79.4 Å². The van der Waals surface area contributed by atoms with Gasteiger partial charge in [-0.1, -0.05) is 39.8 Å². The van der Waals surface area contributed by atoms with Gasteiger partial charge in [-0.15, -0.1) is 0 Å². The van der Waals surface area contributed by atoms with Gasteiger partial charge in [-0.2, -0.15) is 0 Å². The second-order valence-electron chi connectivity index (χ2n) is 12.0. The van der Waals surface area contributed by atoms with Crippen molar-refractivity contribution >= 4 is 11.8 Å². The van der Waals surface area contributed by atoms with Crippen LogP contribution in [0.15, 0.2) is 18.2 Å². The molecule has 3 fully saturated rings. The first-order valence-electron chi connectivity index (χ1n) is 12.3. The lowest BCUT2D eigenvalue weighted by molar-refractivity contribution is -0.146. The lowest BCUT2D eigenvalue weighted by Gasteiger charge is -2.54. The average molecular weight is 443 g/mol. The number of benzene rings is 1. The van der Waals surface area contributed by atoms with Crippen molar-refractivity contribution in [1.82, 2.24) is 10.2 Å². The number of nitrogens with zero attached hydrogens (tertiary/aromatic N) is 1. The second kappa shape index (κ2) is 8.14. The second-order valence-corrected chi connectivity index (χ2v) is 12.0. The van der Waals surface area contributed by atoms with E-state index in [9.17, 15) is 14.0 Å². The van der Waals surface area contributed by atoms with E-state index in [0.29, 0.717) is 12.3 Å². The van der Waals surface area contributed by atoms with E-state index in [1.807, 2.05) is 24.8 Å². The van der Waals surface area contributed by atoms with Crippen molar-refractivity contribution in [3.8, 4) is 0 Å². The van der Waals surface area contributed by atoms with E-state index in [0.717, 1.165) is 57.2 Å². The summed E-state index contributed by atoms with van der Waals surface area (Å²) in [7, 11) is 0. The minimum Gasteiger partial charge on any atom is -0.351 e. The van der Waals surface area contributed by atoms with E-state index in [1.54, 1.807) is 6.07 Å². The molecule has 32 heavy (non-hydrogen) atoms. The number of piperidine rings is 1. The van der Waals surface area contributed by atoms with Gasteiger partial charge in [0.05, 0.1) is 0 Å². The highest BCUT2D eigenvalue weighted by atomic mass is 19.1. The quantitative estimate of drug-likeness (QED) is 0.687. The topological polar surface area (TPSA) is 49.4 Å². The fraction of sp³-hybridized carbons (Fsp3) is 0.704. The Morgan fingerprint density at radius 2 is 1.75 bits per heavy atom. The Kier molecular flexibility index (Phi) is 5.92. The molecule has 3 aliphatic rings. The van der Waals surface area contributed by atoms with Crippen LogP contribution in [-0.2, 0) is 15.0 Å². The van der Waals surface area contributed by atoms with Crippen LogP contribution >= 0.6 is 0 Å². The van der Waals surface area contributed by atoms with Crippen LogP contribution in [0.4, 0.5) is 4.39 Å². The molecule has 1 N–H and O–H groups in total. The van der Waals surface area contributed by atoms with Crippen LogP contribution in [0.1, 0.15) is 96.6 Å². The van der Waals surface area contributed by atoms with Gasteiger partial charge in [-0.25, -0.2) is 4.39 Å². The van der Waals surface area contributed by atoms with Crippen LogP contribution in [0, 0.1) is 17.2 Å². The predicted octanol–water partition coefficient (Wildman–Crippen LogP) is 5.30. The molecular weight excluding hydrogens is 403 g/mol. The van der Waals surface area contributed by atoms with E-state index in [4.69, 9.17) is 0 Å². The van der Waals surface area contributed by atoms with Crippen molar-refractivity contribution in [1.29, 1.82) is 0 Å². The molecule has 2 amide bonds. The number of likely N-dealkylation sites (tertiary alicyclic amines) is 1. The summed E-state index contributed by atoms with van der Waals surface area (Å²) in [5.74, 6) is 0.572. The number of carbonyl (C=O) groups is 2. The SMILES string of the molecule is CCC(=O)NC1(C)CC(C(=O)N2CCC3(CC2)CC(c2cc(C(C)(C)C)ccc2F)C3)C1. The fourth-order valence-electron chi connectivity index (χ4n) is 6.13. The highest BCUT2D eigenvalue weighted by molar-refractivity contribution is 5.82. The van der Waals surface area contributed by atoms with E-state index in [1.165, 1.54) is 5.56 Å². The molecule has 4 nitrogen and oxygen atoms in total. The smallest absolute Gasteiger partial charge is 0.225 e. The molecular formula is C27H39FN2O2. The summed E-state index contributed by atoms with van der Waals surface area (Å²) in [5, 5.41) is 3.06. The lowest BCUT2D eigenvalue weighted by atomic mass is 9.55. The van der Waals surface area contributed by atoms with Crippen LogP contribution in [0.3, 0.4) is 0 Å². The third-order valence-corrected chi connectivity index (χ3v) is 8.30. The zero-order valence-corrected chi connectivity index (χ0v) is 20.4. The third kappa shape index (κ3) is 4.45. The van der Waals surface area contributed by atoms with Gasteiger partial charge >= 0.3 is 0 Å².